The first kappa shape index (κ1) is 66.7. The number of unbranched alkanes of at least 4 members (excludes halogenated alkanes) is 37. The molecular formula is C59H115N2O6P. The highest BCUT2D eigenvalue weighted by Crippen LogP contribution is 2.38. The fourth-order valence-corrected chi connectivity index (χ4v) is 9.44. The molecule has 0 fully saturated rings. The Bertz CT molecular complexity index is 1200. The van der Waals surface area contributed by atoms with Gasteiger partial charge in [-0.1, -0.05) is 269 Å². The Balaban J connectivity index is 3.98. The van der Waals surface area contributed by atoms with Gasteiger partial charge in [-0.05, 0) is 44.9 Å². The number of quaternary nitrogens is 1. The number of nitrogens with zero attached hydrogens (tertiary/aromatic N) is 1. The van der Waals surface area contributed by atoms with Crippen molar-refractivity contribution in [1.29, 1.82) is 0 Å². The average molecular weight is 980 g/mol. The molecule has 0 spiro atoms. The van der Waals surface area contributed by atoms with E-state index in [0.29, 0.717) is 17.4 Å². The van der Waals surface area contributed by atoms with Crippen LogP contribution >= 0.6 is 7.82 Å². The Hall–Kier alpha value is -1.28. The first-order valence-electron chi connectivity index (χ1n) is 29.4. The Labute approximate surface area is 423 Å². The van der Waals surface area contributed by atoms with Crippen LogP contribution in [0.5, 0.6) is 0 Å². The third kappa shape index (κ3) is 52.5. The van der Waals surface area contributed by atoms with Crippen LogP contribution in [-0.2, 0) is 18.4 Å². The van der Waals surface area contributed by atoms with Crippen molar-refractivity contribution in [3.63, 3.8) is 0 Å². The first-order chi connectivity index (χ1) is 33.0. The summed E-state index contributed by atoms with van der Waals surface area (Å²) < 4.78 is 23.3. The van der Waals surface area contributed by atoms with Crippen LogP contribution in [-0.4, -0.2) is 68.5 Å². The molecule has 0 rings (SSSR count). The number of allylic oxidation sites excluding steroid dienone is 5. The predicted octanol–water partition coefficient (Wildman–Crippen LogP) is 17.1. The molecule has 0 saturated carbocycles. The smallest absolute Gasteiger partial charge is 0.268 e. The van der Waals surface area contributed by atoms with Crippen molar-refractivity contribution in [2.75, 3.05) is 40.9 Å². The summed E-state index contributed by atoms with van der Waals surface area (Å²) in [7, 11) is 1.24. The van der Waals surface area contributed by atoms with Gasteiger partial charge in [0.2, 0.25) is 5.91 Å². The molecular weight excluding hydrogens is 864 g/mol. The zero-order valence-electron chi connectivity index (χ0n) is 45.8. The third-order valence-corrected chi connectivity index (χ3v) is 14.3. The molecule has 0 bridgehead atoms. The summed E-state index contributed by atoms with van der Waals surface area (Å²) in [5.41, 5.74) is 0. The highest BCUT2D eigenvalue weighted by atomic mass is 31.2. The van der Waals surface area contributed by atoms with Crippen LogP contribution < -0.4 is 10.2 Å². The van der Waals surface area contributed by atoms with Gasteiger partial charge >= 0.3 is 0 Å². The molecule has 0 aliphatic carbocycles. The second kappa shape index (κ2) is 50.7. The van der Waals surface area contributed by atoms with Crippen molar-refractivity contribution < 1.29 is 32.9 Å². The van der Waals surface area contributed by atoms with Crippen LogP contribution in [0.25, 0.3) is 0 Å². The van der Waals surface area contributed by atoms with Gasteiger partial charge in [0, 0.05) is 6.42 Å². The lowest BCUT2D eigenvalue weighted by Gasteiger charge is -2.29. The van der Waals surface area contributed by atoms with Crippen molar-refractivity contribution in [2.24, 2.45) is 0 Å². The number of nitrogens with one attached hydrogen (secondary N) is 1. The fourth-order valence-electron chi connectivity index (χ4n) is 8.72. The van der Waals surface area contributed by atoms with Crippen LogP contribution in [0.15, 0.2) is 36.5 Å². The molecule has 0 aromatic heterocycles. The minimum atomic E-state index is -4.60. The quantitative estimate of drug-likeness (QED) is 0.0272. The largest absolute Gasteiger partial charge is 0.756 e. The second-order valence-corrected chi connectivity index (χ2v) is 22.8. The van der Waals surface area contributed by atoms with E-state index in [1.165, 1.54) is 212 Å². The molecule has 402 valence electrons. The van der Waals surface area contributed by atoms with Gasteiger partial charge in [0.25, 0.3) is 7.82 Å². The van der Waals surface area contributed by atoms with Crippen LogP contribution in [0.3, 0.4) is 0 Å². The van der Waals surface area contributed by atoms with E-state index in [0.717, 1.165) is 51.4 Å². The number of phosphoric ester groups is 1. The number of hydrogen-bond acceptors (Lipinski definition) is 6. The Morgan fingerprint density at radius 3 is 1.19 bits per heavy atom. The van der Waals surface area contributed by atoms with Crippen molar-refractivity contribution in [3.05, 3.63) is 36.5 Å². The van der Waals surface area contributed by atoms with Crippen LogP contribution in [0.2, 0.25) is 0 Å². The van der Waals surface area contributed by atoms with Crippen molar-refractivity contribution in [2.45, 2.75) is 296 Å². The Morgan fingerprint density at radius 1 is 0.500 bits per heavy atom. The standard InChI is InChI=1S/C59H115N2O6P/c1-6-8-10-12-14-16-18-20-21-22-23-24-25-26-27-28-29-30-31-32-33-34-35-36-37-38-39-41-43-45-47-49-51-53-59(63)60-57(56-67-68(64,65)66-55-54-61(3,4)5)58(62)52-50-48-46-44-42-40-19-17-15-13-11-9-7-2/h15,17,42,44,50,52,57-58,62H,6-14,16,18-41,43,45-49,51,53-56H2,1-5H3,(H-,60,63,64,65)/b17-15+,44-42+,52-50+. The predicted molar refractivity (Wildman–Crippen MR) is 293 cm³/mol. The van der Waals surface area contributed by atoms with Gasteiger partial charge in [-0.15, -0.1) is 0 Å². The summed E-state index contributed by atoms with van der Waals surface area (Å²) in [6.45, 7) is 4.61. The molecule has 2 N–H and O–H groups in total. The number of aliphatic hydroxyl groups excluding tert-OH is 1. The molecule has 0 aromatic carbocycles. The molecule has 0 radical (unpaired) electrons. The van der Waals surface area contributed by atoms with Gasteiger partial charge < -0.3 is 28.8 Å². The number of phosphoric acid groups is 1. The van der Waals surface area contributed by atoms with E-state index < -0.39 is 26.6 Å². The van der Waals surface area contributed by atoms with E-state index >= 15 is 0 Å². The topological polar surface area (TPSA) is 108 Å². The summed E-state index contributed by atoms with van der Waals surface area (Å²) in [6, 6.07) is -0.907. The van der Waals surface area contributed by atoms with E-state index in [1.807, 2.05) is 27.2 Å². The highest BCUT2D eigenvalue weighted by Gasteiger charge is 2.23. The third-order valence-electron chi connectivity index (χ3n) is 13.3. The van der Waals surface area contributed by atoms with E-state index in [1.54, 1.807) is 6.08 Å². The number of carbonyl (C=O) groups is 1. The molecule has 0 heterocycles. The molecule has 9 heteroatoms. The van der Waals surface area contributed by atoms with Crippen molar-refractivity contribution >= 4 is 13.7 Å². The molecule has 3 atom stereocenters. The zero-order chi connectivity index (χ0) is 49.9. The summed E-state index contributed by atoms with van der Waals surface area (Å²) in [5.74, 6) is -0.208. The van der Waals surface area contributed by atoms with Crippen molar-refractivity contribution in [1.82, 2.24) is 5.32 Å². The number of likely N-dealkylation sites (N-methyl/N-ethyl adjacent to an activating group) is 1. The van der Waals surface area contributed by atoms with Gasteiger partial charge in [-0.25, -0.2) is 0 Å². The van der Waals surface area contributed by atoms with Gasteiger partial charge in [0.1, 0.15) is 13.2 Å². The highest BCUT2D eigenvalue weighted by molar-refractivity contribution is 7.45. The molecule has 8 nitrogen and oxygen atoms in total. The first-order valence-corrected chi connectivity index (χ1v) is 30.8. The number of carbonyl (C=O) groups excluding carboxylic acids is 1. The maximum atomic E-state index is 12.9. The molecule has 68 heavy (non-hydrogen) atoms. The number of rotatable bonds is 54. The zero-order valence-corrected chi connectivity index (χ0v) is 46.7. The minimum absolute atomic E-state index is 0.00769. The second-order valence-electron chi connectivity index (χ2n) is 21.3. The summed E-state index contributed by atoms with van der Waals surface area (Å²) >= 11 is 0. The van der Waals surface area contributed by atoms with Crippen LogP contribution in [0.4, 0.5) is 0 Å². The van der Waals surface area contributed by atoms with Crippen LogP contribution in [0, 0.1) is 0 Å². The molecule has 0 aliphatic heterocycles. The Morgan fingerprint density at radius 2 is 0.824 bits per heavy atom. The monoisotopic (exact) mass is 979 g/mol. The maximum Gasteiger partial charge on any atom is 0.268 e. The van der Waals surface area contributed by atoms with Gasteiger partial charge in [-0.3, -0.25) is 9.36 Å². The van der Waals surface area contributed by atoms with Crippen molar-refractivity contribution in [3.8, 4) is 0 Å². The summed E-state index contributed by atoms with van der Waals surface area (Å²) in [6.07, 6.45) is 65.4. The fraction of sp³-hybridized carbons (Fsp3) is 0.881. The lowest BCUT2D eigenvalue weighted by atomic mass is 10.0. The molecule has 0 aromatic rings. The van der Waals surface area contributed by atoms with E-state index in [-0.39, 0.29) is 12.5 Å². The Kier molecular flexibility index (Phi) is 49.7. The summed E-state index contributed by atoms with van der Waals surface area (Å²) in [4.78, 5) is 25.4. The molecule has 0 saturated heterocycles. The van der Waals surface area contributed by atoms with E-state index in [4.69, 9.17) is 9.05 Å². The lowest BCUT2D eigenvalue weighted by Crippen LogP contribution is -2.45. The minimum Gasteiger partial charge on any atom is -0.756 e. The van der Waals surface area contributed by atoms with E-state index in [2.05, 4.69) is 43.5 Å². The SMILES string of the molecule is CCCCC/C=C/CC/C=C/CC/C=C/C(O)C(COP(=O)([O-])OCC[N+](C)(C)C)NC(=O)CCCCCCCCCCCCCCCCCCCCCCCCCCCCCCCCCCC. The molecule has 3 unspecified atom stereocenters. The molecule has 1 amide bonds. The number of amides is 1. The summed E-state index contributed by atoms with van der Waals surface area (Å²) in [5, 5.41) is 13.8. The van der Waals surface area contributed by atoms with E-state index in [9.17, 15) is 19.4 Å². The van der Waals surface area contributed by atoms with Gasteiger partial charge in [-0.2, -0.15) is 0 Å². The van der Waals surface area contributed by atoms with Gasteiger partial charge in [0.05, 0.1) is 39.9 Å². The van der Waals surface area contributed by atoms with Gasteiger partial charge in [0.15, 0.2) is 0 Å². The average Bonchev–Trinajstić information content (AvgIpc) is 3.30. The normalized spacial score (nSPS) is 14.2. The number of hydrogen-bond donors (Lipinski definition) is 2. The van der Waals surface area contributed by atoms with Crippen LogP contribution in [0.1, 0.15) is 284 Å². The maximum absolute atomic E-state index is 12.9. The number of aliphatic hydroxyl groups is 1. The lowest BCUT2D eigenvalue weighted by molar-refractivity contribution is -0.870. The molecule has 0 aliphatic rings.